The van der Waals surface area contributed by atoms with Crippen LogP contribution in [-0.2, 0) is 6.42 Å². The molecule has 0 atom stereocenters. The van der Waals surface area contributed by atoms with E-state index >= 15 is 0 Å². The summed E-state index contributed by atoms with van der Waals surface area (Å²) in [5.41, 5.74) is 2.67. The molecular formula is C10H12N2O. The van der Waals surface area contributed by atoms with E-state index in [9.17, 15) is 5.11 Å². The number of hydrogen-bond acceptors (Lipinski definition) is 2. The summed E-state index contributed by atoms with van der Waals surface area (Å²) in [5, 5.41) is 9.71. The van der Waals surface area contributed by atoms with Gasteiger partial charge in [-0.3, -0.25) is 4.40 Å². The zero-order chi connectivity index (χ0) is 9.42. The summed E-state index contributed by atoms with van der Waals surface area (Å²) in [6, 6.07) is 3.90. The molecule has 0 amide bonds. The van der Waals surface area contributed by atoms with Crippen LogP contribution in [-0.4, -0.2) is 14.5 Å². The van der Waals surface area contributed by atoms with Crippen molar-refractivity contribution in [3.05, 3.63) is 29.6 Å². The topological polar surface area (TPSA) is 37.5 Å². The van der Waals surface area contributed by atoms with Gasteiger partial charge in [0.25, 0.3) is 0 Å². The molecule has 0 bridgehead atoms. The van der Waals surface area contributed by atoms with Crippen LogP contribution in [0.2, 0.25) is 0 Å². The van der Waals surface area contributed by atoms with Gasteiger partial charge in [0.2, 0.25) is 5.88 Å². The van der Waals surface area contributed by atoms with Crippen LogP contribution in [0.3, 0.4) is 0 Å². The molecule has 2 rings (SSSR count). The monoisotopic (exact) mass is 176 g/mol. The highest BCUT2D eigenvalue weighted by atomic mass is 16.3. The van der Waals surface area contributed by atoms with Gasteiger partial charge >= 0.3 is 0 Å². The predicted octanol–water partition coefficient (Wildman–Crippen LogP) is 1.91. The average Bonchev–Trinajstić information content (AvgIpc) is 2.44. The van der Waals surface area contributed by atoms with Gasteiger partial charge in [-0.25, -0.2) is 4.98 Å². The largest absolute Gasteiger partial charge is 0.493 e. The number of nitrogens with zero attached hydrogens (tertiary/aromatic N) is 2. The fourth-order valence-electron chi connectivity index (χ4n) is 1.42. The molecule has 68 valence electrons. The third-order valence-corrected chi connectivity index (χ3v) is 2.15. The normalized spacial score (nSPS) is 10.9. The molecule has 2 aromatic heterocycles. The van der Waals surface area contributed by atoms with Crippen LogP contribution in [0, 0.1) is 6.92 Å². The van der Waals surface area contributed by atoms with Crippen molar-refractivity contribution in [2.75, 3.05) is 0 Å². The van der Waals surface area contributed by atoms with E-state index in [1.165, 1.54) is 0 Å². The first-order chi connectivity index (χ1) is 6.22. The minimum Gasteiger partial charge on any atom is -0.493 e. The highest BCUT2D eigenvalue weighted by Gasteiger charge is 2.07. The number of aromatic hydroxyl groups is 1. The lowest BCUT2D eigenvalue weighted by Crippen LogP contribution is -1.84. The van der Waals surface area contributed by atoms with Gasteiger partial charge in [-0.1, -0.05) is 13.0 Å². The Hall–Kier alpha value is -1.51. The van der Waals surface area contributed by atoms with E-state index in [4.69, 9.17) is 0 Å². The van der Waals surface area contributed by atoms with Crippen LogP contribution in [0.15, 0.2) is 18.3 Å². The van der Waals surface area contributed by atoms with Crippen molar-refractivity contribution in [2.24, 2.45) is 0 Å². The highest BCUT2D eigenvalue weighted by Crippen LogP contribution is 2.19. The van der Waals surface area contributed by atoms with Gasteiger partial charge in [0.1, 0.15) is 11.3 Å². The van der Waals surface area contributed by atoms with Gasteiger partial charge in [-0.15, -0.1) is 0 Å². The summed E-state index contributed by atoms with van der Waals surface area (Å²) in [7, 11) is 0. The molecule has 0 aliphatic heterocycles. The van der Waals surface area contributed by atoms with Crippen LogP contribution in [0.1, 0.15) is 18.2 Å². The quantitative estimate of drug-likeness (QED) is 0.720. The van der Waals surface area contributed by atoms with E-state index in [0.717, 1.165) is 23.3 Å². The molecule has 3 heteroatoms. The van der Waals surface area contributed by atoms with Crippen molar-refractivity contribution in [3.63, 3.8) is 0 Å². The molecule has 3 nitrogen and oxygen atoms in total. The second-order valence-electron chi connectivity index (χ2n) is 3.17. The summed E-state index contributed by atoms with van der Waals surface area (Å²) in [6.07, 6.45) is 2.64. The van der Waals surface area contributed by atoms with Crippen molar-refractivity contribution >= 4 is 5.65 Å². The molecule has 0 saturated carbocycles. The van der Waals surface area contributed by atoms with E-state index in [2.05, 4.69) is 4.98 Å². The molecule has 1 N–H and O–H groups in total. The summed E-state index contributed by atoms with van der Waals surface area (Å²) < 4.78 is 1.72. The van der Waals surface area contributed by atoms with Crippen molar-refractivity contribution in [1.82, 2.24) is 9.38 Å². The Kier molecular flexibility index (Phi) is 1.72. The molecule has 0 unspecified atom stereocenters. The van der Waals surface area contributed by atoms with Gasteiger partial charge in [0.05, 0.1) is 0 Å². The number of rotatable bonds is 1. The fourth-order valence-corrected chi connectivity index (χ4v) is 1.42. The molecule has 0 aromatic carbocycles. The molecule has 0 aliphatic carbocycles. The van der Waals surface area contributed by atoms with Crippen molar-refractivity contribution in [2.45, 2.75) is 20.3 Å². The van der Waals surface area contributed by atoms with Gasteiger partial charge in [-0.2, -0.15) is 0 Å². The molecule has 0 fully saturated rings. The Bertz CT molecular complexity index is 445. The molecule has 13 heavy (non-hydrogen) atoms. The summed E-state index contributed by atoms with van der Waals surface area (Å²) in [5.74, 6) is 0.265. The zero-order valence-electron chi connectivity index (χ0n) is 7.78. The van der Waals surface area contributed by atoms with Crippen LogP contribution in [0.25, 0.3) is 5.65 Å². The third-order valence-electron chi connectivity index (χ3n) is 2.15. The molecule has 0 spiro atoms. The van der Waals surface area contributed by atoms with Crippen molar-refractivity contribution in [3.8, 4) is 5.88 Å². The minimum absolute atomic E-state index is 0.265. The Morgan fingerprint density at radius 1 is 1.46 bits per heavy atom. The second kappa shape index (κ2) is 2.76. The average molecular weight is 176 g/mol. The lowest BCUT2D eigenvalue weighted by atomic mass is 10.3. The maximum absolute atomic E-state index is 9.71. The van der Waals surface area contributed by atoms with Gasteiger partial charge in [0, 0.05) is 6.20 Å². The fraction of sp³-hybridized carbons (Fsp3) is 0.300. The SMILES string of the molecule is CCc1nc2ccc(C)cn2c1O. The Balaban J connectivity index is 2.77. The molecular weight excluding hydrogens is 164 g/mol. The van der Waals surface area contributed by atoms with E-state index in [0.29, 0.717) is 0 Å². The summed E-state index contributed by atoms with van der Waals surface area (Å²) in [6.45, 7) is 3.97. The first-order valence-corrected chi connectivity index (χ1v) is 4.39. The number of imidazole rings is 1. The first-order valence-electron chi connectivity index (χ1n) is 4.39. The van der Waals surface area contributed by atoms with E-state index in [1.807, 2.05) is 32.2 Å². The van der Waals surface area contributed by atoms with Crippen LogP contribution in [0.4, 0.5) is 0 Å². The predicted molar refractivity (Wildman–Crippen MR) is 51.0 cm³/mol. The Morgan fingerprint density at radius 2 is 2.23 bits per heavy atom. The molecule has 0 aliphatic rings. The van der Waals surface area contributed by atoms with Gasteiger partial charge in [0.15, 0.2) is 0 Å². The summed E-state index contributed by atoms with van der Waals surface area (Å²) in [4.78, 5) is 4.28. The smallest absolute Gasteiger partial charge is 0.219 e. The van der Waals surface area contributed by atoms with E-state index in [-0.39, 0.29) is 5.88 Å². The van der Waals surface area contributed by atoms with Gasteiger partial charge in [-0.05, 0) is 25.0 Å². The van der Waals surface area contributed by atoms with Crippen LogP contribution in [0.5, 0.6) is 5.88 Å². The molecule has 2 heterocycles. The van der Waals surface area contributed by atoms with Crippen molar-refractivity contribution < 1.29 is 5.11 Å². The molecule has 0 radical (unpaired) electrons. The van der Waals surface area contributed by atoms with Crippen LogP contribution < -0.4 is 0 Å². The molecule has 2 aromatic rings. The molecule has 0 saturated heterocycles. The second-order valence-corrected chi connectivity index (χ2v) is 3.17. The van der Waals surface area contributed by atoms with Crippen molar-refractivity contribution in [1.29, 1.82) is 0 Å². The lowest BCUT2D eigenvalue weighted by Gasteiger charge is -1.96. The van der Waals surface area contributed by atoms with E-state index < -0.39 is 0 Å². The number of aryl methyl sites for hydroxylation is 2. The lowest BCUT2D eigenvalue weighted by molar-refractivity contribution is 0.441. The number of fused-ring (bicyclic) bond motifs is 1. The van der Waals surface area contributed by atoms with Gasteiger partial charge < -0.3 is 5.11 Å². The van der Waals surface area contributed by atoms with Crippen LogP contribution >= 0.6 is 0 Å². The maximum Gasteiger partial charge on any atom is 0.219 e. The highest BCUT2D eigenvalue weighted by molar-refractivity contribution is 5.46. The Morgan fingerprint density at radius 3 is 2.92 bits per heavy atom. The first kappa shape index (κ1) is 8.10. The maximum atomic E-state index is 9.71. The number of pyridine rings is 1. The summed E-state index contributed by atoms with van der Waals surface area (Å²) >= 11 is 0. The number of hydrogen-bond donors (Lipinski definition) is 1. The standard InChI is InChI=1S/C10H12N2O/c1-3-8-10(13)12-6-7(2)4-5-9(12)11-8/h4-6,13H,3H2,1-2H3. The number of aromatic nitrogens is 2. The minimum atomic E-state index is 0.265. The zero-order valence-corrected chi connectivity index (χ0v) is 7.78. The van der Waals surface area contributed by atoms with E-state index in [1.54, 1.807) is 4.40 Å². The third kappa shape index (κ3) is 1.16. The Labute approximate surface area is 76.7 Å².